The second-order valence-electron chi connectivity index (χ2n) is 7.47. The van der Waals surface area contributed by atoms with Crippen molar-refractivity contribution < 1.29 is 5.11 Å². The highest BCUT2D eigenvalue weighted by Crippen LogP contribution is 2.37. The van der Waals surface area contributed by atoms with E-state index in [2.05, 4.69) is 28.6 Å². The third-order valence-electron chi connectivity index (χ3n) is 5.27. The summed E-state index contributed by atoms with van der Waals surface area (Å²) in [5.74, 6) is 1.88. The molecular formula is C21H27N5OS. The van der Waals surface area contributed by atoms with E-state index in [1.165, 1.54) is 0 Å². The normalized spacial score (nSPS) is 19.2. The summed E-state index contributed by atoms with van der Waals surface area (Å²) < 4.78 is 1.16. The van der Waals surface area contributed by atoms with Crippen LogP contribution in [0.2, 0.25) is 0 Å². The Morgan fingerprint density at radius 1 is 1.18 bits per heavy atom. The minimum absolute atomic E-state index is 0.259. The van der Waals surface area contributed by atoms with Gasteiger partial charge >= 0.3 is 0 Å². The first kappa shape index (κ1) is 19.1. The van der Waals surface area contributed by atoms with Gasteiger partial charge in [-0.15, -0.1) is 11.3 Å². The van der Waals surface area contributed by atoms with Crippen LogP contribution in [0.5, 0.6) is 0 Å². The average Bonchev–Trinajstić information content (AvgIpc) is 3.32. The minimum atomic E-state index is 0.259. The van der Waals surface area contributed by atoms with Crippen molar-refractivity contribution in [3.8, 4) is 10.6 Å². The summed E-state index contributed by atoms with van der Waals surface area (Å²) in [6, 6.07) is 8.51. The smallest absolute Gasteiger partial charge is 0.224 e. The number of aliphatic hydroxyl groups is 1. The van der Waals surface area contributed by atoms with Crippen LogP contribution in [0, 0.1) is 12.8 Å². The summed E-state index contributed by atoms with van der Waals surface area (Å²) >= 11 is 1.67. The number of fused-ring (bicyclic) bond motifs is 1. The molecule has 4 rings (SSSR count). The lowest BCUT2D eigenvalue weighted by molar-refractivity contribution is 0.229. The van der Waals surface area contributed by atoms with Crippen LogP contribution in [0.4, 0.5) is 11.8 Å². The molecule has 6 nitrogen and oxygen atoms in total. The van der Waals surface area contributed by atoms with Crippen LogP contribution >= 0.6 is 11.3 Å². The van der Waals surface area contributed by atoms with Crippen molar-refractivity contribution in [3.05, 3.63) is 30.0 Å². The van der Waals surface area contributed by atoms with Crippen molar-refractivity contribution in [1.29, 1.82) is 0 Å². The largest absolute Gasteiger partial charge is 0.396 e. The van der Waals surface area contributed by atoms with E-state index in [-0.39, 0.29) is 6.61 Å². The number of para-hydroxylation sites is 1. The molecule has 0 saturated heterocycles. The van der Waals surface area contributed by atoms with E-state index in [1.54, 1.807) is 11.3 Å². The zero-order chi connectivity index (χ0) is 19.5. The summed E-state index contributed by atoms with van der Waals surface area (Å²) in [5.41, 5.74) is 2.91. The lowest BCUT2D eigenvalue weighted by atomic mass is 10.1. The molecule has 0 radical (unpaired) electrons. The van der Waals surface area contributed by atoms with Gasteiger partial charge in [-0.1, -0.05) is 19.1 Å². The Kier molecular flexibility index (Phi) is 5.73. The van der Waals surface area contributed by atoms with Crippen molar-refractivity contribution in [2.75, 3.05) is 23.8 Å². The molecule has 1 fully saturated rings. The first-order valence-electron chi connectivity index (χ1n) is 10.0. The van der Waals surface area contributed by atoms with Gasteiger partial charge in [0, 0.05) is 19.2 Å². The number of rotatable bonds is 7. The van der Waals surface area contributed by atoms with Gasteiger partial charge in [0.05, 0.1) is 21.5 Å². The Morgan fingerprint density at radius 3 is 2.79 bits per heavy atom. The number of nitrogens with one attached hydrogen (secondary N) is 2. The molecule has 0 aliphatic heterocycles. The van der Waals surface area contributed by atoms with Crippen LogP contribution in [0.1, 0.15) is 38.3 Å². The molecule has 2 atom stereocenters. The van der Waals surface area contributed by atoms with E-state index < -0.39 is 0 Å². The predicted molar refractivity (Wildman–Crippen MR) is 116 cm³/mol. The van der Waals surface area contributed by atoms with Gasteiger partial charge in [0.25, 0.3) is 0 Å². The van der Waals surface area contributed by atoms with E-state index in [0.717, 1.165) is 64.5 Å². The number of hydrogen-bond acceptors (Lipinski definition) is 7. The highest BCUT2D eigenvalue weighted by atomic mass is 32.1. The third-order valence-corrected chi connectivity index (χ3v) is 6.32. The quantitative estimate of drug-likeness (QED) is 0.546. The maximum Gasteiger partial charge on any atom is 0.224 e. The predicted octanol–water partition coefficient (Wildman–Crippen LogP) is 4.46. The zero-order valence-electron chi connectivity index (χ0n) is 16.4. The van der Waals surface area contributed by atoms with E-state index in [4.69, 9.17) is 9.97 Å². The lowest BCUT2D eigenvalue weighted by Crippen LogP contribution is -2.19. The molecule has 1 saturated carbocycles. The van der Waals surface area contributed by atoms with Gasteiger partial charge in [0.2, 0.25) is 5.95 Å². The number of hydrogen-bond donors (Lipinski definition) is 3. The number of nitrogens with zero attached hydrogens (tertiary/aromatic N) is 3. The van der Waals surface area contributed by atoms with Crippen LogP contribution in [0.15, 0.2) is 24.3 Å². The molecule has 2 unspecified atom stereocenters. The molecule has 148 valence electrons. The van der Waals surface area contributed by atoms with Gasteiger partial charge in [0.15, 0.2) is 0 Å². The number of aromatic nitrogens is 3. The summed E-state index contributed by atoms with van der Waals surface area (Å²) in [6.45, 7) is 5.25. The number of aryl methyl sites for hydroxylation is 1. The maximum atomic E-state index is 9.48. The molecule has 1 aromatic carbocycles. The van der Waals surface area contributed by atoms with Gasteiger partial charge in [-0.3, -0.25) is 0 Å². The van der Waals surface area contributed by atoms with Gasteiger partial charge in [-0.2, -0.15) is 4.98 Å². The van der Waals surface area contributed by atoms with Crippen molar-refractivity contribution in [3.63, 3.8) is 0 Å². The molecule has 2 aromatic heterocycles. The SMILES string of the molecule is CCCNc1nc(C)c(-c2nc3ccccc3s2)c(NC2CCC(CO)C2)n1. The topological polar surface area (TPSA) is 83.0 Å². The molecule has 7 heteroatoms. The number of thiazole rings is 1. The van der Waals surface area contributed by atoms with Gasteiger partial charge < -0.3 is 15.7 Å². The molecule has 1 aliphatic rings. The Bertz CT molecular complexity index is 924. The Hall–Kier alpha value is -2.25. The Labute approximate surface area is 169 Å². The van der Waals surface area contributed by atoms with Crippen LogP contribution < -0.4 is 10.6 Å². The van der Waals surface area contributed by atoms with Crippen LogP contribution in [0.3, 0.4) is 0 Å². The highest BCUT2D eigenvalue weighted by Gasteiger charge is 2.26. The van der Waals surface area contributed by atoms with E-state index in [1.807, 2.05) is 25.1 Å². The standard InChI is InChI=1S/C21H27N5OS/c1-3-10-22-21-23-13(2)18(20-25-16-6-4-5-7-17(16)28-20)19(26-21)24-15-9-8-14(11-15)12-27/h4-7,14-15,27H,3,8-12H2,1-2H3,(H2,22,23,24,26). The summed E-state index contributed by atoms with van der Waals surface area (Å²) in [4.78, 5) is 14.3. The molecule has 28 heavy (non-hydrogen) atoms. The van der Waals surface area contributed by atoms with Gasteiger partial charge in [-0.25, -0.2) is 9.97 Å². The first-order chi connectivity index (χ1) is 13.7. The fraction of sp³-hybridized carbons (Fsp3) is 0.476. The zero-order valence-corrected chi connectivity index (χ0v) is 17.2. The Balaban J connectivity index is 1.72. The van der Waals surface area contributed by atoms with Crippen LogP contribution in [-0.2, 0) is 0 Å². The monoisotopic (exact) mass is 397 g/mol. The van der Waals surface area contributed by atoms with Crippen molar-refractivity contribution in [2.45, 2.75) is 45.6 Å². The number of aliphatic hydroxyl groups excluding tert-OH is 1. The third kappa shape index (κ3) is 3.95. The van der Waals surface area contributed by atoms with Gasteiger partial charge in [0.1, 0.15) is 10.8 Å². The van der Waals surface area contributed by atoms with Crippen LogP contribution in [-0.4, -0.2) is 39.3 Å². The first-order valence-corrected chi connectivity index (χ1v) is 10.9. The van der Waals surface area contributed by atoms with E-state index >= 15 is 0 Å². The van der Waals surface area contributed by atoms with Gasteiger partial charge in [-0.05, 0) is 50.7 Å². The van der Waals surface area contributed by atoms with E-state index in [0.29, 0.717) is 17.9 Å². The molecule has 1 aliphatic carbocycles. The molecule has 0 amide bonds. The molecule has 3 aromatic rings. The van der Waals surface area contributed by atoms with Crippen molar-refractivity contribution in [2.24, 2.45) is 5.92 Å². The molecule has 0 bridgehead atoms. The highest BCUT2D eigenvalue weighted by molar-refractivity contribution is 7.21. The molecule has 2 heterocycles. The summed E-state index contributed by atoms with van der Waals surface area (Å²) in [6.07, 6.45) is 4.09. The second-order valence-corrected chi connectivity index (χ2v) is 8.50. The fourth-order valence-corrected chi connectivity index (χ4v) is 4.86. The van der Waals surface area contributed by atoms with Crippen LogP contribution in [0.25, 0.3) is 20.8 Å². The molecule has 3 N–H and O–H groups in total. The second kappa shape index (κ2) is 8.41. The minimum Gasteiger partial charge on any atom is -0.396 e. The van der Waals surface area contributed by atoms with Crippen molar-refractivity contribution in [1.82, 2.24) is 15.0 Å². The number of anilines is 2. The van der Waals surface area contributed by atoms with E-state index in [9.17, 15) is 5.11 Å². The summed E-state index contributed by atoms with van der Waals surface area (Å²) in [5, 5.41) is 17.4. The van der Waals surface area contributed by atoms with Crippen molar-refractivity contribution >= 4 is 33.3 Å². The average molecular weight is 398 g/mol. The molecular weight excluding hydrogens is 370 g/mol. The summed E-state index contributed by atoms with van der Waals surface area (Å²) in [7, 11) is 0. The lowest BCUT2D eigenvalue weighted by Gasteiger charge is -2.18. The fourth-order valence-electron chi connectivity index (χ4n) is 3.79. The molecule has 0 spiro atoms. The Morgan fingerprint density at radius 2 is 2.04 bits per heavy atom. The maximum absolute atomic E-state index is 9.48. The number of benzene rings is 1.